The normalized spacial score (nSPS) is 11.8. The van der Waals surface area contributed by atoms with E-state index in [0.29, 0.717) is 0 Å². The van der Waals surface area contributed by atoms with Crippen LogP contribution < -0.4 is 0 Å². The Morgan fingerprint density at radius 3 is 0.778 bits per heavy atom. The van der Waals surface area contributed by atoms with Gasteiger partial charge >= 0.3 is 0 Å². The highest BCUT2D eigenvalue weighted by atomic mass is 15.0. The van der Waals surface area contributed by atoms with Gasteiger partial charge in [0, 0.05) is 98.8 Å². The summed E-state index contributed by atoms with van der Waals surface area (Å²) >= 11 is 0. The summed E-state index contributed by atoms with van der Waals surface area (Å²) in [5, 5.41) is 22.8. The van der Waals surface area contributed by atoms with E-state index in [0.717, 1.165) is 17.1 Å². The van der Waals surface area contributed by atoms with Gasteiger partial charge in [0.05, 0.1) is 66.2 Å². The molecule has 0 spiro atoms. The van der Waals surface area contributed by atoms with E-state index in [1.54, 1.807) is 0 Å². The van der Waals surface area contributed by atoms with Crippen molar-refractivity contribution in [1.82, 2.24) is 27.4 Å². The third-order valence-corrected chi connectivity index (χ3v) is 29.7. The summed E-state index contributed by atoms with van der Waals surface area (Å²) in [4.78, 5) is 0. The molecule has 0 saturated carbocycles. The molecule has 144 heavy (non-hydrogen) atoms. The van der Waals surface area contributed by atoms with E-state index < -0.39 is 0 Å². The van der Waals surface area contributed by atoms with Gasteiger partial charge in [0.2, 0.25) is 0 Å². The van der Waals surface area contributed by atoms with E-state index >= 15 is 0 Å². The van der Waals surface area contributed by atoms with Crippen LogP contribution in [0, 0.1) is 0 Å². The minimum absolute atomic E-state index is 1.15. The Bertz CT molecular complexity index is 10300. The highest BCUT2D eigenvalue weighted by Crippen LogP contribution is 2.50. The lowest BCUT2D eigenvalue weighted by atomic mass is 9.98. The van der Waals surface area contributed by atoms with Crippen LogP contribution in [0.1, 0.15) is 0 Å². The molecule has 0 radical (unpaired) electrons. The topological polar surface area (TPSA) is 29.6 Å². The number of rotatable bonds is 12. The second-order valence-electron chi connectivity index (χ2n) is 37.7. The molecule has 6 nitrogen and oxygen atoms in total. The van der Waals surface area contributed by atoms with Crippen molar-refractivity contribution in [2.75, 3.05) is 0 Å². The predicted molar refractivity (Wildman–Crippen MR) is 610 cm³/mol. The van der Waals surface area contributed by atoms with Crippen LogP contribution in [0.2, 0.25) is 0 Å². The van der Waals surface area contributed by atoms with Crippen molar-refractivity contribution in [3.05, 3.63) is 546 Å². The van der Waals surface area contributed by atoms with Crippen molar-refractivity contribution in [2.24, 2.45) is 0 Å². The first-order valence-corrected chi connectivity index (χ1v) is 49.6. The van der Waals surface area contributed by atoms with Crippen molar-refractivity contribution >= 4 is 163 Å². The van der Waals surface area contributed by atoms with E-state index in [9.17, 15) is 0 Å². The Balaban J connectivity index is 0.000000105. The van der Waals surface area contributed by atoms with Crippen LogP contribution in [-0.4, -0.2) is 27.4 Å². The van der Waals surface area contributed by atoms with Crippen LogP contribution in [0.4, 0.5) is 0 Å². The average molecular weight is 1830 g/mol. The first-order chi connectivity index (χ1) is 71.5. The maximum atomic E-state index is 2.47. The monoisotopic (exact) mass is 1830 g/mol. The largest absolute Gasteiger partial charge is 0.309 e. The first kappa shape index (κ1) is 83.1. The number of nitrogens with zero attached hydrogens (tertiary/aromatic N) is 6. The van der Waals surface area contributed by atoms with Crippen LogP contribution in [0.25, 0.3) is 264 Å². The van der Waals surface area contributed by atoms with Crippen molar-refractivity contribution < 1.29 is 0 Å². The molecule has 0 bridgehead atoms. The third kappa shape index (κ3) is 13.9. The van der Waals surface area contributed by atoms with Crippen LogP contribution in [0.15, 0.2) is 546 Å². The highest BCUT2D eigenvalue weighted by molar-refractivity contribution is 6.32. The molecule has 0 saturated heterocycles. The zero-order chi connectivity index (χ0) is 94.8. The molecule has 0 aliphatic rings. The number of hydrogen-bond donors (Lipinski definition) is 0. The first-order valence-electron chi connectivity index (χ1n) is 49.6. The van der Waals surface area contributed by atoms with Gasteiger partial charge in [-0.2, -0.15) is 0 Å². The smallest absolute Gasteiger partial charge is 0.0548 e. The Morgan fingerprint density at radius 1 is 0.0972 bits per heavy atom. The summed E-state index contributed by atoms with van der Waals surface area (Å²) in [6, 6.07) is 199. The maximum Gasteiger partial charge on any atom is 0.0548 e. The molecule has 6 heteroatoms. The van der Waals surface area contributed by atoms with Crippen molar-refractivity contribution in [1.29, 1.82) is 0 Å². The van der Waals surface area contributed by atoms with Gasteiger partial charge in [0.1, 0.15) is 0 Å². The molecule has 30 rings (SSSR count). The van der Waals surface area contributed by atoms with Gasteiger partial charge in [-0.1, -0.05) is 376 Å². The van der Waals surface area contributed by atoms with E-state index in [2.05, 4.69) is 573 Å². The Kier molecular flexibility index (Phi) is 19.9. The Hall–Kier alpha value is -19.1. The number of benzene rings is 24. The van der Waals surface area contributed by atoms with E-state index in [4.69, 9.17) is 0 Å². The van der Waals surface area contributed by atoms with Crippen molar-refractivity contribution in [3.8, 4) is 101 Å². The van der Waals surface area contributed by atoms with Crippen LogP contribution in [-0.2, 0) is 0 Å². The standard InChI is InChI=1S/3C46H30N2/c1-3-13-31(14-4-1)33-25-26-40-44(30-33)48(36-20-11-17-34(29-36)38-23-12-16-32-15-7-8-21-37(32)38)43-28-27-42-45(46(40)43)39-22-9-10-24-41(39)47(42)35-18-5-2-6-19-35;1-3-12-31(13-4-1)36-24-25-42-40(30-36)46-44(27-26-43-45(46)39-20-9-10-21-41(39)47(43)37-17-5-2-6-18-37)48(42)38-19-11-16-34(29-38)35-23-22-32-14-7-8-15-33(32)28-35;1-3-11-31(12-4-1)36-23-26-42-40(30-36)46-44(28-27-43-45(46)39-17-9-10-18-41(39)47(43)37-15-5-2-6-16-37)48(42)38-24-21-33(22-25-38)35-20-19-32-13-7-8-14-34(32)29-35/h3*1-30H. The van der Waals surface area contributed by atoms with Crippen LogP contribution >= 0.6 is 0 Å². The molecule has 6 heterocycles. The number of fused-ring (bicyclic) bond motifs is 24. The fraction of sp³-hybridized carbons (Fsp3) is 0. The lowest BCUT2D eigenvalue weighted by Crippen LogP contribution is -1.95. The minimum atomic E-state index is 1.15. The zero-order valence-electron chi connectivity index (χ0n) is 78.6. The fourth-order valence-electron chi connectivity index (χ4n) is 23.2. The Morgan fingerprint density at radius 2 is 0.340 bits per heavy atom. The van der Waals surface area contributed by atoms with Gasteiger partial charge in [-0.15, -0.1) is 0 Å². The van der Waals surface area contributed by atoms with Gasteiger partial charge < -0.3 is 27.4 Å². The van der Waals surface area contributed by atoms with E-state index in [1.165, 1.54) is 247 Å². The second-order valence-corrected chi connectivity index (χ2v) is 37.7. The summed E-state index contributed by atoms with van der Waals surface area (Å²) < 4.78 is 14.6. The third-order valence-electron chi connectivity index (χ3n) is 29.7. The molecular formula is C138H90N6. The SMILES string of the molecule is c1ccc(-c2ccc3c(c2)c2c4c5ccccc5n(-c5ccccc5)c4ccc2n3-c2ccc(-c3ccc4ccccc4c3)cc2)cc1.c1ccc(-c2ccc3c(c2)c2c4c5ccccc5n(-c5ccccc5)c4ccc2n3-c2cccc(-c3ccc4ccccc4c3)c2)cc1.c1ccc(-c2ccc3c4c5c6ccccc6n(-c6ccccc6)c5ccc4n(-c4cccc(-c5cccc6ccccc56)c4)c3c2)cc1. The molecule has 6 aromatic heterocycles. The summed E-state index contributed by atoms with van der Waals surface area (Å²) in [7, 11) is 0. The molecule has 0 aliphatic heterocycles. The van der Waals surface area contributed by atoms with E-state index in [-0.39, 0.29) is 0 Å². The fourth-order valence-corrected chi connectivity index (χ4v) is 23.2. The quantitative estimate of drug-likeness (QED) is 0.117. The summed E-state index contributed by atoms with van der Waals surface area (Å²) in [5.74, 6) is 0. The predicted octanol–water partition coefficient (Wildman–Crippen LogP) is 37.1. The maximum absolute atomic E-state index is 2.47. The zero-order valence-corrected chi connectivity index (χ0v) is 78.6. The molecule has 0 unspecified atom stereocenters. The van der Waals surface area contributed by atoms with Crippen LogP contribution in [0.5, 0.6) is 0 Å². The molecule has 24 aromatic carbocycles. The van der Waals surface area contributed by atoms with Gasteiger partial charge in [0.15, 0.2) is 0 Å². The van der Waals surface area contributed by atoms with Gasteiger partial charge in [-0.25, -0.2) is 0 Å². The molecular weight excluding hydrogens is 1740 g/mol. The molecule has 672 valence electrons. The number of hydrogen-bond acceptors (Lipinski definition) is 0. The van der Waals surface area contributed by atoms with Gasteiger partial charge in [0.25, 0.3) is 0 Å². The van der Waals surface area contributed by atoms with Crippen molar-refractivity contribution in [2.45, 2.75) is 0 Å². The molecule has 0 atom stereocenters. The van der Waals surface area contributed by atoms with Gasteiger partial charge in [-0.3, -0.25) is 0 Å². The summed E-state index contributed by atoms with van der Waals surface area (Å²) in [6.45, 7) is 0. The van der Waals surface area contributed by atoms with Gasteiger partial charge in [-0.05, 0) is 269 Å². The Labute approximate surface area is 831 Å². The van der Waals surface area contributed by atoms with Crippen molar-refractivity contribution in [3.63, 3.8) is 0 Å². The minimum Gasteiger partial charge on any atom is -0.309 e. The molecule has 0 aliphatic carbocycles. The molecule has 0 fully saturated rings. The average Bonchev–Trinajstić information content (AvgIpc) is 1.55. The highest BCUT2D eigenvalue weighted by Gasteiger charge is 2.27. The number of aromatic nitrogens is 6. The van der Waals surface area contributed by atoms with E-state index in [1.807, 2.05) is 0 Å². The molecule has 0 N–H and O–H groups in total. The van der Waals surface area contributed by atoms with Crippen LogP contribution in [0.3, 0.4) is 0 Å². The lowest BCUT2D eigenvalue weighted by molar-refractivity contribution is 1.17. The number of para-hydroxylation sites is 6. The molecule has 0 amide bonds. The second kappa shape index (κ2) is 34.5. The molecule has 30 aromatic rings. The lowest BCUT2D eigenvalue weighted by Gasteiger charge is -2.13. The summed E-state index contributed by atoms with van der Waals surface area (Å²) in [5.41, 5.74) is 36.1. The summed E-state index contributed by atoms with van der Waals surface area (Å²) in [6.07, 6.45) is 0.